The van der Waals surface area contributed by atoms with Crippen LogP contribution in [-0.4, -0.2) is 33.5 Å². The molecule has 0 fully saturated rings. The molecule has 0 radical (unpaired) electrons. The quantitative estimate of drug-likeness (QED) is 0.830. The summed E-state index contributed by atoms with van der Waals surface area (Å²) >= 11 is 0. The van der Waals surface area contributed by atoms with Crippen LogP contribution in [0.2, 0.25) is 0 Å². The van der Waals surface area contributed by atoms with E-state index in [2.05, 4.69) is 5.32 Å². The molecule has 1 aliphatic heterocycles. The van der Waals surface area contributed by atoms with Gasteiger partial charge in [0.25, 0.3) is 9.84 Å². The average Bonchev–Trinajstić information content (AvgIpc) is 2.66. The second kappa shape index (κ2) is 7.34. The molecule has 6 nitrogen and oxygen atoms in total. The topological polar surface area (TPSA) is 81.7 Å². The van der Waals surface area contributed by atoms with Crippen LogP contribution in [0.5, 0.6) is 11.5 Å². The number of ether oxygens (including phenoxy) is 2. The Bertz CT molecular complexity index is 1000. The van der Waals surface area contributed by atoms with Gasteiger partial charge in [0.15, 0.2) is 0 Å². The maximum absolute atomic E-state index is 12.8. The van der Waals surface area contributed by atoms with Crippen LogP contribution in [0.15, 0.2) is 47.4 Å². The maximum atomic E-state index is 12.8. The van der Waals surface area contributed by atoms with Crippen LogP contribution in [0.4, 0.5) is 18.9 Å². The molecule has 28 heavy (non-hydrogen) atoms. The van der Waals surface area contributed by atoms with Crippen molar-refractivity contribution < 1.29 is 35.9 Å². The second-order valence-electron chi connectivity index (χ2n) is 6.12. The Hall–Kier alpha value is -2.75. The molecule has 1 atom stereocenters. The Morgan fingerprint density at radius 2 is 1.93 bits per heavy atom. The molecule has 1 aliphatic rings. The zero-order valence-corrected chi connectivity index (χ0v) is 15.4. The molecule has 0 aromatic heterocycles. The largest absolute Gasteiger partial charge is 0.501 e. The SMILES string of the molecule is COc1ccc(S(=O)(=O)C(F)(F)F)cc1NC(=O)C1COc2ccccc2C1. The lowest BCUT2D eigenvalue weighted by Gasteiger charge is -2.25. The standard InChI is InChI=1S/C18H16F3NO5S/c1-26-16-7-6-13(28(24,25)18(19,20)21)9-14(16)22-17(23)12-8-11-4-2-3-5-15(11)27-10-12/h2-7,9,12H,8,10H2,1H3,(H,22,23). The number of amides is 1. The Kier molecular flexibility index (Phi) is 5.24. The van der Waals surface area contributed by atoms with E-state index in [0.29, 0.717) is 12.2 Å². The van der Waals surface area contributed by atoms with Gasteiger partial charge in [0.1, 0.15) is 18.1 Å². The first kappa shape index (κ1) is 20.0. The summed E-state index contributed by atoms with van der Waals surface area (Å²) in [5.41, 5.74) is -4.80. The van der Waals surface area contributed by atoms with Crippen LogP contribution in [0.25, 0.3) is 0 Å². The van der Waals surface area contributed by atoms with E-state index in [4.69, 9.17) is 9.47 Å². The molecule has 3 rings (SSSR count). The molecule has 0 bridgehead atoms. The molecule has 1 unspecified atom stereocenters. The summed E-state index contributed by atoms with van der Waals surface area (Å²) in [6.07, 6.45) is 0.380. The summed E-state index contributed by atoms with van der Waals surface area (Å²) in [4.78, 5) is 11.6. The number of fused-ring (bicyclic) bond motifs is 1. The number of methoxy groups -OCH3 is 1. The normalized spacial score (nSPS) is 16.6. The van der Waals surface area contributed by atoms with E-state index in [0.717, 1.165) is 23.8 Å². The Labute approximate surface area is 159 Å². The number of alkyl halides is 3. The van der Waals surface area contributed by atoms with Crippen molar-refractivity contribution in [2.45, 2.75) is 16.8 Å². The van der Waals surface area contributed by atoms with Gasteiger partial charge in [0, 0.05) is 0 Å². The molecular weight excluding hydrogens is 399 g/mol. The lowest BCUT2D eigenvalue weighted by molar-refractivity contribution is -0.121. The molecule has 0 spiro atoms. The first-order valence-corrected chi connectivity index (χ1v) is 9.63. The first-order valence-electron chi connectivity index (χ1n) is 8.14. The van der Waals surface area contributed by atoms with Gasteiger partial charge < -0.3 is 14.8 Å². The third-order valence-corrected chi connectivity index (χ3v) is 5.78. The van der Waals surface area contributed by atoms with Crippen molar-refractivity contribution >= 4 is 21.4 Å². The number of para-hydroxylation sites is 1. The van der Waals surface area contributed by atoms with E-state index in [1.165, 1.54) is 7.11 Å². The summed E-state index contributed by atoms with van der Waals surface area (Å²) in [6, 6.07) is 9.76. The Morgan fingerprint density at radius 1 is 1.21 bits per heavy atom. The first-order chi connectivity index (χ1) is 13.1. The van der Waals surface area contributed by atoms with Crippen LogP contribution in [0, 0.1) is 5.92 Å². The van der Waals surface area contributed by atoms with Gasteiger partial charge in [-0.25, -0.2) is 8.42 Å². The fraction of sp³-hybridized carbons (Fsp3) is 0.278. The van der Waals surface area contributed by atoms with Gasteiger partial charge in [0.2, 0.25) is 5.91 Å². The number of hydrogen-bond acceptors (Lipinski definition) is 5. The minimum atomic E-state index is -5.56. The van der Waals surface area contributed by atoms with Crippen LogP contribution < -0.4 is 14.8 Å². The molecule has 0 saturated heterocycles. The minimum absolute atomic E-state index is 0.0339. The number of benzene rings is 2. The van der Waals surface area contributed by atoms with Crippen molar-refractivity contribution in [3.05, 3.63) is 48.0 Å². The van der Waals surface area contributed by atoms with Gasteiger partial charge >= 0.3 is 5.51 Å². The summed E-state index contributed by atoms with van der Waals surface area (Å²) < 4.78 is 72.2. The summed E-state index contributed by atoms with van der Waals surface area (Å²) in [5.74, 6) is -0.411. The zero-order valence-electron chi connectivity index (χ0n) is 14.6. The van der Waals surface area contributed by atoms with E-state index in [-0.39, 0.29) is 18.0 Å². The van der Waals surface area contributed by atoms with Crippen LogP contribution >= 0.6 is 0 Å². The predicted octanol–water partition coefficient (Wildman–Crippen LogP) is 3.18. The van der Waals surface area contributed by atoms with Crippen LogP contribution in [0.1, 0.15) is 5.56 Å². The number of carbonyl (C=O) groups excluding carboxylic acids is 1. The zero-order chi connectivity index (χ0) is 20.5. The molecule has 0 aliphatic carbocycles. The molecular formula is C18H16F3NO5S. The lowest BCUT2D eigenvalue weighted by atomic mass is 9.96. The molecule has 1 N–H and O–H groups in total. The molecule has 1 amide bonds. The van der Waals surface area contributed by atoms with Gasteiger partial charge in [-0.15, -0.1) is 0 Å². The number of halogens is 3. The Balaban J connectivity index is 1.85. The number of rotatable bonds is 4. The summed E-state index contributed by atoms with van der Waals surface area (Å²) in [6.45, 7) is 0.0890. The minimum Gasteiger partial charge on any atom is -0.495 e. The van der Waals surface area contributed by atoms with E-state index >= 15 is 0 Å². The predicted molar refractivity (Wildman–Crippen MR) is 94.0 cm³/mol. The van der Waals surface area contributed by atoms with E-state index < -0.39 is 32.1 Å². The Morgan fingerprint density at radius 3 is 2.61 bits per heavy atom. The number of hydrogen-bond donors (Lipinski definition) is 1. The van der Waals surface area contributed by atoms with Crippen LogP contribution in [0.3, 0.4) is 0 Å². The number of nitrogens with one attached hydrogen (secondary N) is 1. The highest BCUT2D eigenvalue weighted by molar-refractivity contribution is 7.92. The lowest BCUT2D eigenvalue weighted by Crippen LogP contribution is -2.32. The highest BCUT2D eigenvalue weighted by Gasteiger charge is 2.47. The van der Waals surface area contributed by atoms with Gasteiger partial charge in [0.05, 0.1) is 23.6 Å². The smallest absolute Gasteiger partial charge is 0.495 e. The fourth-order valence-corrected chi connectivity index (χ4v) is 3.60. The van der Waals surface area contributed by atoms with Crippen molar-refractivity contribution in [1.29, 1.82) is 0 Å². The summed E-state index contributed by atoms with van der Waals surface area (Å²) in [5, 5.41) is 2.45. The van der Waals surface area contributed by atoms with Gasteiger partial charge in [-0.05, 0) is 36.2 Å². The third-order valence-electron chi connectivity index (χ3n) is 4.29. The highest BCUT2D eigenvalue weighted by Crippen LogP contribution is 2.35. The van der Waals surface area contributed by atoms with Crippen LogP contribution in [-0.2, 0) is 21.1 Å². The van der Waals surface area contributed by atoms with Crippen molar-refractivity contribution in [3.8, 4) is 11.5 Å². The van der Waals surface area contributed by atoms with Gasteiger partial charge in [-0.2, -0.15) is 13.2 Å². The third kappa shape index (κ3) is 3.77. The molecule has 2 aromatic carbocycles. The molecule has 2 aromatic rings. The van der Waals surface area contributed by atoms with E-state index in [1.54, 1.807) is 18.2 Å². The van der Waals surface area contributed by atoms with Crippen molar-refractivity contribution in [2.75, 3.05) is 19.0 Å². The van der Waals surface area contributed by atoms with Gasteiger partial charge in [-0.1, -0.05) is 18.2 Å². The van der Waals surface area contributed by atoms with Gasteiger partial charge in [-0.3, -0.25) is 4.79 Å². The molecule has 1 heterocycles. The average molecular weight is 415 g/mol. The van der Waals surface area contributed by atoms with Crippen molar-refractivity contribution in [1.82, 2.24) is 0 Å². The maximum Gasteiger partial charge on any atom is 0.501 e. The number of sulfone groups is 1. The van der Waals surface area contributed by atoms with Crippen molar-refractivity contribution in [2.24, 2.45) is 5.92 Å². The monoisotopic (exact) mass is 415 g/mol. The molecule has 150 valence electrons. The van der Waals surface area contributed by atoms with E-state index in [9.17, 15) is 26.4 Å². The number of carbonyl (C=O) groups is 1. The molecule has 0 saturated carbocycles. The molecule has 10 heteroatoms. The summed E-state index contributed by atoms with van der Waals surface area (Å²) in [7, 11) is -4.30. The highest BCUT2D eigenvalue weighted by atomic mass is 32.2. The van der Waals surface area contributed by atoms with Crippen molar-refractivity contribution in [3.63, 3.8) is 0 Å². The fourth-order valence-electron chi connectivity index (χ4n) is 2.82. The van der Waals surface area contributed by atoms with E-state index in [1.807, 2.05) is 6.07 Å². The number of anilines is 1. The second-order valence-corrected chi connectivity index (χ2v) is 8.06.